The molecule has 0 aromatic heterocycles. The first kappa shape index (κ1) is 19.2. The third kappa shape index (κ3) is 5.45. The van der Waals surface area contributed by atoms with Crippen LogP contribution in [0, 0.1) is 0 Å². The van der Waals surface area contributed by atoms with Crippen molar-refractivity contribution in [2.45, 2.75) is 57.7 Å². The molecular weight excluding hydrogens is 326 g/mol. The van der Waals surface area contributed by atoms with Crippen LogP contribution in [0.1, 0.15) is 44.6 Å². The van der Waals surface area contributed by atoms with E-state index >= 15 is 0 Å². The maximum absolute atomic E-state index is 12.8. The van der Waals surface area contributed by atoms with Crippen molar-refractivity contribution in [2.75, 3.05) is 32.8 Å². The third-order valence-electron chi connectivity index (χ3n) is 5.40. The summed E-state index contributed by atoms with van der Waals surface area (Å²) < 4.78 is 5.63. The molecule has 3 rings (SSSR count). The second kappa shape index (κ2) is 9.93. The first-order chi connectivity index (χ1) is 12.8. The number of rotatable bonds is 7. The normalized spacial score (nSPS) is 23.7. The lowest BCUT2D eigenvalue weighted by Gasteiger charge is -2.39. The van der Waals surface area contributed by atoms with Crippen molar-refractivity contribution < 1.29 is 9.53 Å². The van der Waals surface area contributed by atoms with Gasteiger partial charge in [0.15, 0.2) is 0 Å². The van der Waals surface area contributed by atoms with E-state index in [1.807, 2.05) is 0 Å². The SMILES string of the molecule is CCCN(C(=O)NC[C@@H]1CCCO1)[C@H]1CCCN(Cc2ccccc2)C1. The van der Waals surface area contributed by atoms with Crippen LogP contribution in [0.5, 0.6) is 0 Å². The van der Waals surface area contributed by atoms with E-state index in [9.17, 15) is 4.79 Å². The van der Waals surface area contributed by atoms with Gasteiger partial charge in [-0.2, -0.15) is 0 Å². The van der Waals surface area contributed by atoms with Gasteiger partial charge in [-0.1, -0.05) is 37.3 Å². The number of nitrogens with zero attached hydrogens (tertiary/aromatic N) is 2. The van der Waals surface area contributed by atoms with Crippen LogP contribution in [0.3, 0.4) is 0 Å². The molecule has 0 saturated carbocycles. The molecule has 2 fully saturated rings. The van der Waals surface area contributed by atoms with Gasteiger partial charge in [-0.05, 0) is 44.2 Å². The van der Waals surface area contributed by atoms with Crippen molar-refractivity contribution >= 4 is 6.03 Å². The van der Waals surface area contributed by atoms with Crippen molar-refractivity contribution in [1.29, 1.82) is 0 Å². The minimum atomic E-state index is 0.0777. The second-order valence-electron chi connectivity index (χ2n) is 7.53. The maximum Gasteiger partial charge on any atom is 0.317 e. The molecule has 26 heavy (non-hydrogen) atoms. The molecule has 2 heterocycles. The number of carbonyl (C=O) groups excluding carboxylic acids is 1. The van der Waals surface area contributed by atoms with Crippen LogP contribution in [0.2, 0.25) is 0 Å². The maximum atomic E-state index is 12.8. The van der Waals surface area contributed by atoms with Gasteiger partial charge < -0.3 is 15.0 Å². The predicted octanol–water partition coefficient (Wildman–Crippen LogP) is 3.25. The number of benzene rings is 1. The molecule has 2 saturated heterocycles. The van der Waals surface area contributed by atoms with E-state index in [1.165, 1.54) is 5.56 Å². The van der Waals surface area contributed by atoms with Crippen molar-refractivity contribution in [2.24, 2.45) is 0 Å². The highest BCUT2D eigenvalue weighted by molar-refractivity contribution is 5.74. The molecule has 0 bridgehead atoms. The first-order valence-corrected chi connectivity index (χ1v) is 10.2. The average Bonchev–Trinajstić information content (AvgIpc) is 3.19. The topological polar surface area (TPSA) is 44.8 Å². The molecule has 0 radical (unpaired) electrons. The Bertz CT molecular complexity index is 545. The van der Waals surface area contributed by atoms with Crippen LogP contribution in [-0.4, -0.2) is 60.8 Å². The minimum absolute atomic E-state index is 0.0777. The highest BCUT2D eigenvalue weighted by Crippen LogP contribution is 2.19. The highest BCUT2D eigenvalue weighted by Gasteiger charge is 2.28. The Labute approximate surface area is 157 Å². The zero-order valence-corrected chi connectivity index (χ0v) is 16.0. The van der Waals surface area contributed by atoms with E-state index < -0.39 is 0 Å². The summed E-state index contributed by atoms with van der Waals surface area (Å²) in [6, 6.07) is 11.0. The second-order valence-corrected chi connectivity index (χ2v) is 7.53. The molecule has 0 spiro atoms. The van der Waals surface area contributed by atoms with E-state index in [4.69, 9.17) is 4.74 Å². The van der Waals surface area contributed by atoms with Gasteiger partial charge in [0, 0.05) is 38.8 Å². The molecule has 2 amide bonds. The molecule has 2 atom stereocenters. The van der Waals surface area contributed by atoms with Gasteiger partial charge in [0.25, 0.3) is 0 Å². The quantitative estimate of drug-likeness (QED) is 0.813. The molecule has 1 aromatic rings. The predicted molar refractivity (Wildman–Crippen MR) is 104 cm³/mol. The van der Waals surface area contributed by atoms with Gasteiger partial charge in [0.2, 0.25) is 0 Å². The van der Waals surface area contributed by atoms with Crippen molar-refractivity contribution in [1.82, 2.24) is 15.1 Å². The van der Waals surface area contributed by atoms with Crippen LogP contribution in [0.4, 0.5) is 4.79 Å². The van der Waals surface area contributed by atoms with E-state index in [2.05, 4.69) is 52.4 Å². The summed E-state index contributed by atoms with van der Waals surface area (Å²) in [6.07, 6.45) is 5.60. The Kier molecular flexibility index (Phi) is 7.32. The van der Waals surface area contributed by atoms with Crippen molar-refractivity contribution in [3.05, 3.63) is 35.9 Å². The number of ether oxygens (including phenoxy) is 1. The molecule has 1 aromatic carbocycles. The molecule has 5 nitrogen and oxygen atoms in total. The van der Waals surface area contributed by atoms with E-state index in [0.717, 1.165) is 64.9 Å². The van der Waals surface area contributed by atoms with E-state index in [1.54, 1.807) is 0 Å². The number of hydrogen-bond donors (Lipinski definition) is 1. The van der Waals surface area contributed by atoms with E-state index in [0.29, 0.717) is 12.6 Å². The lowest BCUT2D eigenvalue weighted by molar-refractivity contribution is 0.0943. The summed E-state index contributed by atoms with van der Waals surface area (Å²) in [7, 11) is 0. The van der Waals surface area contributed by atoms with Gasteiger partial charge in [0.05, 0.1) is 6.10 Å². The average molecular weight is 360 g/mol. The number of carbonyl (C=O) groups is 1. The van der Waals surface area contributed by atoms with Crippen LogP contribution >= 0.6 is 0 Å². The Balaban J connectivity index is 1.54. The molecule has 5 heteroatoms. The van der Waals surface area contributed by atoms with Gasteiger partial charge in [-0.15, -0.1) is 0 Å². The van der Waals surface area contributed by atoms with Crippen LogP contribution in [0.15, 0.2) is 30.3 Å². The van der Waals surface area contributed by atoms with Crippen LogP contribution < -0.4 is 5.32 Å². The molecular formula is C21H33N3O2. The summed E-state index contributed by atoms with van der Waals surface area (Å²) in [5.74, 6) is 0. The van der Waals surface area contributed by atoms with Crippen molar-refractivity contribution in [3.63, 3.8) is 0 Å². The summed E-state index contributed by atoms with van der Waals surface area (Å²) in [6.45, 7) is 7.47. The fourth-order valence-corrected chi connectivity index (χ4v) is 4.07. The first-order valence-electron chi connectivity index (χ1n) is 10.2. The summed E-state index contributed by atoms with van der Waals surface area (Å²) >= 11 is 0. The van der Waals surface area contributed by atoms with Gasteiger partial charge >= 0.3 is 6.03 Å². The Morgan fingerprint density at radius 2 is 2.12 bits per heavy atom. The number of hydrogen-bond acceptors (Lipinski definition) is 3. The summed E-state index contributed by atoms with van der Waals surface area (Å²) in [5.41, 5.74) is 1.35. The standard InChI is InChI=1S/C21H33N3O2/c1-2-12-24(21(25)22-15-20-11-7-14-26-20)19-10-6-13-23(17-19)16-18-8-4-3-5-9-18/h3-5,8-9,19-20H,2,6-7,10-17H2,1H3,(H,22,25)/t19-,20-/m0/s1. The Hall–Kier alpha value is -1.59. The molecule has 2 aliphatic rings. The number of nitrogens with one attached hydrogen (secondary N) is 1. The largest absolute Gasteiger partial charge is 0.376 e. The highest BCUT2D eigenvalue weighted by atomic mass is 16.5. The molecule has 1 N–H and O–H groups in total. The Morgan fingerprint density at radius 3 is 2.85 bits per heavy atom. The molecule has 0 unspecified atom stereocenters. The fraction of sp³-hybridized carbons (Fsp3) is 0.667. The minimum Gasteiger partial charge on any atom is -0.376 e. The van der Waals surface area contributed by atoms with Crippen LogP contribution in [-0.2, 0) is 11.3 Å². The van der Waals surface area contributed by atoms with Gasteiger partial charge in [-0.25, -0.2) is 4.79 Å². The summed E-state index contributed by atoms with van der Waals surface area (Å²) in [4.78, 5) is 17.3. The Morgan fingerprint density at radius 1 is 1.27 bits per heavy atom. The van der Waals surface area contributed by atoms with Gasteiger partial charge in [0.1, 0.15) is 0 Å². The molecule has 0 aliphatic carbocycles. The zero-order valence-electron chi connectivity index (χ0n) is 16.0. The summed E-state index contributed by atoms with van der Waals surface area (Å²) in [5, 5.41) is 3.11. The number of piperidine rings is 1. The van der Waals surface area contributed by atoms with Gasteiger partial charge in [-0.3, -0.25) is 4.90 Å². The lowest BCUT2D eigenvalue weighted by atomic mass is 10.0. The number of amides is 2. The van der Waals surface area contributed by atoms with E-state index in [-0.39, 0.29) is 12.1 Å². The number of likely N-dealkylation sites (tertiary alicyclic amines) is 1. The molecule has 144 valence electrons. The van der Waals surface area contributed by atoms with Crippen molar-refractivity contribution in [3.8, 4) is 0 Å². The smallest absolute Gasteiger partial charge is 0.317 e. The number of urea groups is 1. The fourth-order valence-electron chi connectivity index (χ4n) is 4.07. The zero-order chi connectivity index (χ0) is 18.2. The monoisotopic (exact) mass is 359 g/mol. The van der Waals surface area contributed by atoms with Crippen LogP contribution in [0.25, 0.3) is 0 Å². The molecule has 2 aliphatic heterocycles. The third-order valence-corrected chi connectivity index (χ3v) is 5.40. The lowest BCUT2D eigenvalue weighted by Crippen LogP contribution is -2.53.